The molecule has 0 bridgehead atoms. The Bertz CT molecular complexity index is 232. The Hall–Kier alpha value is -0.0500. The highest BCUT2D eigenvalue weighted by molar-refractivity contribution is 9.10. The van der Waals surface area contributed by atoms with Gasteiger partial charge in [-0.1, -0.05) is 22.9 Å². The Morgan fingerprint density at radius 3 is 2.71 bits per heavy atom. The molecule has 3 heteroatoms. The zero-order valence-corrected chi connectivity index (χ0v) is 10.3. The fourth-order valence-electron chi connectivity index (χ4n) is 2.70. The number of halogens is 1. The van der Waals surface area contributed by atoms with E-state index in [0.29, 0.717) is 5.91 Å². The molecule has 0 aromatic carbocycles. The normalized spacial score (nSPS) is 31.4. The van der Waals surface area contributed by atoms with Crippen LogP contribution in [0.4, 0.5) is 0 Å². The number of hydrogen-bond acceptors (Lipinski definition) is 1. The number of likely N-dealkylation sites (tertiary alicyclic amines) is 1. The summed E-state index contributed by atoms with van der Waals surface area (Å²) in [6.07, 6.45) is 7.02. The van der Waals surface area contributed by atoms with Crippen molar-refractivity contribution in [2.75, 3.05) is 6.54 Å². The summed E-state index contributed by atoms with van der Waals surface area (Å²) in [6, 6.07) is 0. The molecule has 1 heterocycles. The predicted octanol–water partition coefficient (Wildman–Crippen LogP) is 2.71. The molecule has 1 saturated carbocycles. The zero-order valence-electron chi connectivity index (χ0n) is 8.76. The largest absolute Gasteiger partial charge is 0.336 e. The summed E-state index contributed by atoms with van der Waals surface area (Å²) in [7, 11) is 0. The van der Waals surface area contributed by atoms with Gasteiger partial charge in [0.1, 0.15) is 0 Å². The number of piperidine rings is 1. The van der Waals surface area contributed by atoms with Crippen LogP contribution < -0.4 is 0 Å². The van der Waals surface area contributed by atoms with Gasteiger partial charge in [0.05, 0.1) is 4.83 Å². The lowest BCUT2D eigenvalue weighted by Crippen LogP contribution is -2.59. The molecular formula is C11H18BrNO. The van der Waals surface area contributed by atoms with Crippen LogP contribution in [0.25, 0.3) is 0 Å². The Balaban J connectivity index is 2.11. The van der Waals surface area contributed by atoms with Crippen LogP contribution in [0, 0.1) is 0 Å². The number of hydrogen-bond donors (Lipinski definition) is 0. The van der Waals surface area contributed by atoms with E-state index in [9.17, 15) is 4.79 Å². The van der Waals surface area contributed by atoms with E-state index >= 15 is 0 Å². The van der Waals surface area contributed by atoms with Crippen molar-refractivity contribution in [1.29, 1.82) is 0 Å². The molecule has 2 fully saturated rings. The average Bonchev–Trinajstić information content (AvgIpc) is 2.11. The number of amides is 1. The maximum atomic E-state index is 12.0. The Kier molecular flexibility index (Phi) is 2.87. The van der Waals surface area contributed by atoms with Crippen molar-refractivity contribution in [3.8, 4) is 0 Å². The van der Waals surface area contributed by atoms with Crippen LogP contribution in [-0.2, 0) is 4.79 Å². The highest BCUT2D eigenvalue weighted by atomic mass is 79.9. The minimum atomic E-state index is 0.0836. The fourth-order valence-corrected chi connectivity index (χ4v) is 3.27. The molecule has 0 aromatic heterocycles. The lowest BCUT2D eigenvalue weighted by atomic mass is 9.72. The van der Waals surface area contributed by atoms with E-state index in [2.05, 4.69) is 27.8 Å². The summed E-state index contributed by atoms with van der Waals surface area (Å²) in [6.45, 7) is 3.19. The molecule has 2 nitrogen and oxygen atoms in total. The van der Waals surface area contributed by atoms with Gasteiger partial charge in [0.25, 0.3) is 0 Å². The smallest absolute Gasteiger partial charge is 0.236 e. The van der Waals surface area contributed by atoms with Gasteiger partial charge in [0, 0.05) is 12.1 Å². The number of carbonyl (C=O) groups is 1. The molecule has 0 spiro atoms. The van der Waals surface area contributed by atoms with Gasteiger partial charge < -0.3 is 4.90 Å². The SMILES string of the molecule is CCC1(N2CCCC(Br)C2=O)CCC1. The molecule has 14 heavy (non-hydrogen) atoms. The van der Waals surface area contributed by atoms with E-state index in [1.165, 1.54) is 19.3 Å². The first kappa shape index (κ1) is 10.5. The van der Waals surface area contributed by atoms with E-state index in [1.807, 2.05) is 0 Å². The standard InChI is InChI=1S/C11H18BrNO/c1-2-11(6-4-7-11)13-8-3-5-9(12)10(13)14/h9H,2-8H2,1H3. The van der Waals surface area contributed by atoms with Crippen molar-refractivity contribution in [2.24, 2.45) is 0 Å². The predicted molar refractivity (Wildman–Crippen MR) is 60.5 cm³/mol. The number of rotatable bonds is 2. The second kappa shape index (κ2) is 3.84. The number of alkyl halides is 1. The van der Waals surface area contributed by atoms with Crippen LogP contribution in [0.15, 0.2) is 0 Å². The van der Waals surface area contributed by atoms with Crippen molar-refractivity contribution in [2.45, 2.75) is 55.8 Å². The van der Waals surface area contributed by atoms with Gasteiger partial charge in [-0.3, -0.25) is 4.79 Å². The minimum absolute atomic E-state index is 0.0836. The Morgan fingerprint density at radius 2 is 2.21 bits per heavy atom. The van der Waals surface area contributed by atoms with Crippen molar-refractivity contribution in [3.63, 3.8) is 0 Å². The molecule has 2 rings (SSSR count). The van der Waals surface area contributed by atoms with Gasteiger partial charge in [0.15, 0.2) is 0 Å². The molecule has 80 valence electrons. The molecule has 2 aliphatic rings. The quantitative estimate of drug-likeness (QED) is 0.699. The van der Waals surface area contributed by atoms with Crippen LogP contribution in [-0.4, -0.2) is 27.7 Å². The van der Waals surface area contributed by atoms with E-state index in [-0.39, 0.29) is 10.4 Å². The van der Waals surface area contributed by atoms with E-state index in [4.69, 9.17) is 0 Å². The second-order valence-electron chi connectivity index (χ2n) is 4.53. The van der Waals surface area contributed by atoms with Crippen molar-refractivity contribution in [3.05, 3.63) is 0 Å². The third-order valence-electron chi connectivity index (χ3n) is 3.89. The minimum Gasteiger partial charge on any atom is -0.336 e. The maximum Gasteiger partial charge on any atom is 0.236 e. The van der Waals surface area contributed by atoms with Crippen LogP contribution >= 0.6 is 15.9 Å². The summed E-state index contributed by atoms with van der Waals surface area (Å²) in [5, 5.41) is 0. The molecule has 1 saturated heterocycles. The van der Waals surface area contributed by atoms with Crippen molar-refractivity contribution in [1.82, 2.24) is 4.90 Å². The molecule has 1 amide bonds. The summed E-state index contributed by atoms with van der Waals surface area (Å²) in [5.74, 6) is 0.331. The molecule has 1 aliphatic heterocycles. The number of carbonyl (C=O) groups excluding carboxylic acids is 1. The van der Waals surface area contributed by atoms with Crippen LogP contribution in [0.5, 0.6) is 0 Å². The Labute approximate surface area is 94.2 Å². The van der Waals surface area contributed by atoms with E-state index in [1.54, 1.807) is 0 Å². The van der Waals surface area contributed by atoms with E-state index in [0.717, 1.165) is 25.8 Å². The Morgan fingerprint density at radius 1 is 1.50 bits per heavy atom. The molecule has 1 atom stereocenters. The van der Waals surface area contributed by atoms with Crippen molar-refractivity contribution < 1.29 is 4.79 Å². The second-order valence-corrected chi connectivity index (χ2v) is 5.64. The molecular weight excluding hydrogens is 242 g/mol. The molecule has 1 unspecified atom stereocenters. The van der Waals surface area contributed by atoms with Gasteiger partial charge >= 0.3 is 0 Å². The van der Waals surface area contributed by atoms with Crippen LogP contribution in [0.2, 0.25) is 0 Å². The fraction of sp³-hybridized carbons (Fsp3) is 0.909. The van der Waals surface area contributed by atoms with Gasteiger partial charge in [-0.15, -0.1) is 0 Å². The molecule has 1 aliphatic carbocycles. The molecule has 0 N–H and O–H groups in total. The van der Waals surface area contributed by atoms with Gasteiger partial charge in [-0.2, -0.15) is 0 Å². The first-order valence-electron chi connectivity index (χ1n) is 5.65. The monoisotopic (exact) mass is 259 g/mol. The summed E-state index contributed by atoms with van der Waals surface area (Å²) >= 11 is 3.48. The zero-order chi connectivity index (χ0) is 10.2. The van der Waals surface area contributed by atoms with Crippen molar-refractivity contribution >= 4 is 21.8 Å². The van der Waals surface area contributed by atoms with Gasteiger partial charge in [-0.05, 0) is 38.5 Å². The lowest BCUT2D eigenvalue weighted by Gasteiger charge is -2.52. The third-order valence-corrected chi connectivity index (χ3v) is 4.74. The molecule has 0 radical (unpaired) electrons. The summed E-state index contributed by atoms with van der Waals surface area (Å²) in [5.41, 5.74) is 0.240. The van der Waals surface area contributed by atoms with Crippen LogP contribution in [0.1, 0.15) is 45.4 Å². The third kappa shape index (κ3) is 1.50. The van der Waals surface area contributed by atoms with Gasteiger partial charge in [-0.25, -0.2) is 0 Å². The lowest BCUT2D eigenvalue weighted by molar-refractivity contribution is -0.144. The van der Waals surface area contributed by atoms with Crippen LogP contribution in [0.3, 0.4) is 0 Å². The summed E-state index contributed by atoms with van der Waals surface area (Å²) < 4.78 is 0. The highest BCUT2D eigenvalue weighted by Crippen LogP contribution is 2.42. The first-order valence-corrected chi connectivity index (χ1v) is 6.57. The first-order chi connectivity index (χ1) is 6.69. The van der Waals surface area contributed by atoms with E-state index < -0.39 is 0 Å². The molecule has 0 aromatic rings. The average molecular weight is 260 g/mol. The maximum absolute atomic E-state index is 12.0. The highest BCUT2D eigenvalue weighted by Gasteiger charge is 2.45. The topological polar surface area (TPSA) is 20.3 Å². The summed E-state index contributed by atoms with van der Waals surface area (Å²) in [4.78, 5) is 14.2. The number of nitrogens with zero attached hydrogens (tertiary/aromatic N) is 1. The van der Waals surface area contributed by atoms with Gasteiger partial charge in [0.2, 0.25) is 5.91 Å².